The third-order valence-corrected chi connectivity index (χ3v) is 2.72. The molecule has 0 bridgehead atoms. The van der Waals surface area contributed by atoms with Gasteiger partial charge < -0.3 is 9.47 Å². The van der Waals surface area contributed by atoms with Gasteiger partial charge in [0.2, 0.25) is 0 Å². The van der Waals surface area contributed by atoms with E-state index < -0.39 is 6.10 Å². The number of anilines is 1. The molecule has 1 atom stereocenters. The molecule has 1 aromatic rings. The molecule has 0 saturated heterocycles. The van der Waals surface area contributed by atoms with Gasteiger partial charge in [0, 0.05) is 20.4 Å². The predicted octanol–water partition coefficient (Wildman–Crippen LogP) is 1.72. The Morgan fingerprint density at radius 1 is 1.39 bits per heavy atom. The molecule has 100 valence electrons. The minimum Gasteiger partial charge on any atom is -0.493 e. The van der Waals surface area contributed by atoms with Crippen LogP contribution in [0.3, 0.4) is 0 Å². The summed E-state index contributed by atoms with van der Waals surface area (Å²) in [6.45, 7) is 3.88. The van der Waals surface area contributed by atoms with Crippen molar-refractivity contribution in [1.29, 1.82) is 0 Å². The maximum absolute atomic E-state index is 12.3. The van der Waals surface area contributed by atoms with Crippen molar-refractivity contribution in [3.63, 3.8) is 0 Å². The SMILES string of the molecule is COc1cccnc1N(C)C(=O)C(OC)C(C)C. The topological polar surface area (TPSA) is 51.7 Å². The highest BCUT2D eigenvalue weighted by Crippen LogP contribution is 2.25. The van der Waals surface area contributed by atoms with E-state index >= 15 is 0 Å². The molecule has 0 aromatic carbocycles. The van der Waals surface area contributed by atoms with Crippen LogP contribution in [0.25, 0.3) is 0 Å². The van der Waals surface area contributed by atoms with Gasteiger partial charge in [0.25, 0.3) is 5.91 Å². The highest BCUT2D eigenvalue weighted by Gasteiger charge is 2.27. The normalized spacial score (nSPS) is 12.3. The lowest BCUT2D eigenvalue weighted by Crippen LogP contribution is -2.41. The number of aromatic nitrogens is 1. The Balaban J connectivity index is 2.99. The fourth-order valence-electron chi connectivity index (χ4n) is 1.75. The van der Waals surface area contributed by atoms with Crippen LogP contribution in [0.15, 0.2) is 18.3 Å². The molecule has 1 aromatic heterocycles. The largest absolute Gasteiger partial charge is 0.493 e. The number of nitrogens with zero attached hydrogens (tertiary/aromatic N) is 2. The third kappa shape index (κ3) is 2.98. The monoisotopic (exact) mass is 252 g/mol. The van der Waals surface area contributed by atoms with Gasteiger partial charge in [-0.2, -0.15) is 0 Å². The maximum Gasteiger partial charge on any atom is 0.257 e. The summed E-state index contributed by atoms with van der Waals surface area (Å²) >= 11 is 0. The first-order valence-electron chi connectivity index (χ1n) is 5.82. The van der Waals surface area contributed by atoms with Crippen LogP contribution in [-0.4, -0.2) is 38.3 Å². The van der Waals surface area contributed by atoms with Gasteiger partial charge in [0.1, 0.15) is 6.10 Å². The number of rotatable bonds is 5. The number of carbonyl (C=O) groups excluding carboxylic acids is 1. The molecule has 5 heteroatoms. The van der Waals surface area contributed by atoms with E-state index in [9.17, 15) is 4.79 Å². The molecule has 0 fully saturated rings. The molecule has 1 unspecified atom stereocenters. The van der Waals surface area contributed by atoms with Crippen molar-refractivity contribution in [2.24, 2.45) is 5.92 Å². The van der Waals surface area contributed by atoms with Gasteiger partial charge in [-0.25, -0.2) is 4.98 Å². The van der Waals surface area contributed by atoms with Crippen molar-refractivity contribution in [2.45, 2.75) is 20.0 Å². The lowest BCUT2D eigenvalue weighted by Gasteiger charge is -2.25. The molecule has 1 heterocycles. The minimum absolute atomic E-state index is 0.0969. The van der Waals surface area contributed by atoms with E-state index in [2.05, 4.69) is 4.98 Å². The summed E-state index contributed by atoms with van der Waals surface area (Å²) in [5.41, 5.74) is 0. The quantitative estimate of drug-likeness (QED) is 0.800. The number of hydrogen-bond acceptors (Lipinski definition) is 4. The highest BCUT2D eigenvalue weighted by molar-refractivity contribution is 5.96. The van der Waals surface area contributed by atoms with E-state index in [1.54, 1.807) is 32.5 Å². The average Bonchev–Trinajstić information content (AvgIpc) is 2.38. The second-order valence-corrected chi connectivity index (χ2v) is 4.33. The molecule has 0 aliphatic rings. The van der Waals surface area contributed by atoms with E-state index in [4.69, 9.17) is 9.47 Å². The van der Waals surface area contributed by atoms with Crippen LogP contribution in [-0.2, 0) is 9.53 Å². The van der Waals surface area contributed by atoms with Crippen LogP contribution in [0, 0.1) is 5.92 Å². The van der Waals surface area contributed by atoms with Gasteiger partial charge in [-0.1, -0.05) is 13.8 Å². The number of pyridine rings is 1. The molecule has 0 N–H and O–H groups in total. The first-order chi connectivity index (χ1) is 8.52. The molecule has 0 spiro atoms. The van der Waals surface area contributed by atoms with Gasteiger partial charge in [0.05, 0.1) is 7.11 Å². The number of hydrogen-bond donors (Lipinski definition) is 0. The standard InChI is InChI=1S/C13H20N2O3/c1-9(2)11(18-5)13(16)15(3)12-10(17-4)7-6-8-14-12/h6-9,11H,1-5H3. The van der Waals surface area contributed by atoms with Gasteiger partial charge >= 0.3 is 0 Å². The molecule has 18 heavy (non-hydrogen) atoms. The summed E-state index contributed by atoms with van der Waals surface area (Å²) < 4.78 is 10.4. The van der Waals surface area contributed by atoms with Crippen molar-refractivity contribution in [3.8, 4) is 5.75 Å². The van der Waals surface area contributed by atoms with E-state index in [1.165, 1.54) is 12.0 Å². The van der Waals surface area contributed by atoms with Crippen LogP contribution in [0.4, 0.5) is 5.82 Å². The summed E-state index contributed by atoms with van der Waals surface area (Å²) in [6.07, 6.45) is 1.14. The zero-order valence-corrected chi connectivity index (χ0v) is 11.5. The predicted molar refractivity (Wildman–Crippen MR) is 69.8 cm³/mol. The summed E-state index contributed by atoms with van der Waals surface area (Å²) in [5.74, 6) is 1.02. The highest BCUT2D eigenvalue weighted by atomic mass is 16.5. The van der Waals surface area contributed by atoms with Crippen molar-refractivity contribution in [2.75, 3.05) is 26.2 Å². The zero-order valence-electron chi connectivity index (χ0n) is 11.5. The summed E-state index contributed by atoms with van der Waals surface area (Å²) in [4.78, 5) is 17.9. The minimum atomic E-state index is -0.485. The smallest absolute Gasteiger partial charge is 0.257 e. The van der Waals surface area contributed by atoms with Crippen molar-refractivity contribution < 1.29 is 14.3 Å². The summed E-state index contributed by atoms with van der Waals surface area (Å²) in [5, 5.41) is 0. The van der Waals surface area contributed by atoms with Crippen LogP contribution in [0.2, 0.25) is 0 Å². The van der Waals surface area contributed by atoms with Gasteiger partial charge in [0.15, 0.2) is 11.6 Å². The summed E-state index contributed by atoms with van der Waals surface area (Å²) in [7, 11) is 4.75. The second-order valence-electron chi connectivity index (χ2n) is 4.33. The van der Waals surface area contributed by atoms with Crippen LogP contribution >= 0.6 is 0 Å². The Kier molecular flexibility index (Phi) is 5.09. The van der Waals surface area contributed by atoms with Gasteiger partial charge in [-0.15, -0.1) is 0 Å². The van der Waals surface area contributed by atoms with E-state index in [-0.39, 0.29) is 11.8 Å². The lowest BCUT2D eigenvalue weighted by molar-refractivity contribution is -0.130. The van der Waals surface area contributed by atoms with Crippen LogP contribution in [0.5, 0.6) is 5.75 Å². The number of amides is 1. The molecule has 0 radical (unpaired) electrons. The molecule has 1 amide bonds. The molecule has 1 rings (SSSR count). The summed E-state index contributed by atoms with van der Waals surface area (Å²) in [6, 6.07) is 3.53. The van der Waals surface area contributed by atoms with Crippen LogP contribution in [0.1, 0.15) is 13.8 Å². The molecule has 0 saturated carbocycles. The molecule has 0 aliphatic heterocycles. The third-order valence-electron chi connectivity index (χ3n) is 2.72. The number of ether oxygens (including phenoxy) is 2. The number of likely N-dealkylation sites (N-methyl/N-ethyl adjacent to an activating group) is 1. The van der Waals surface area contributed by atoms with Crippen LogP contribution < -0.4 is 9.64 Å². The Hall–Kier alpha value is -1.62. The first kappa shape index (κ1) is 14.4. The molecule has 5 nitrogen and oxygen atoms in total. The van der Waals surface area contributed by atoms with Crippen molar-refractivity contribution >= 4 is 11.7 Å². The van der Waals surface area contributed by atoms with Gasteiger partial charge in [-0.05, 0) is 18.1 Å². The number of carbonyl (C=O) groups is 1. The number of methoxy groups -OCH3 is 2. The van der Waals surface area contributed by atoms with E-state index in [1.807, 2.05) is 13.8 Å². The first-order valence-corrected chi connectivity index (χ1v) is 5.82. The Morgan fingerprint density at radius 3 is 2.56 bits per heavy atom. The zero-order chi connectivity index (χ0) is 13.7. The molecule has 0 aliphatic carbocycles. The fraction of sp³-hybridized carbons (Fsp3) is 0.538. The van der Waals surface area contributed by atoms with E-state index in [0.29, 0.717) is 11.6 Å². The Labute approximate surface area is 108 Å². The Morgan fingerprint density at radius 2 is 2.06 bits per heavy atom. The fourth-order valence-corrected chi connectivity index (χ4v) is 1.75. The average molecular weight is 252 g/mol. The van der Waals surface area contributed by atoms with Crippen molar-refractivity contribution in [1.82, 2.24) is 4.98 Å². The Bertz CT molecular complexity index is 407. The van der Waals surface area contributed by atoms with E-state index in [0.717, 1.165) is 0 Å². The lowest BCUT2D eigenvalue weighted by atomic mass is 10.1. The van der Waals surface area contributed by atoms with Gasteiger partial charge in [-0.3, -0.25) is 9.69 Å². The molecular formula is C13H20N2O3. The second kappa shape index (κ2) is 6.35. The molecular weight excluding hydrogens is 232 g/mol. The van der Waals surface area contributed by atoms with Crippen molar-refractivity contribution in [3.05, 3.63) is 18.3 Å². The maximum atomic E-state index is 12.3.